The zero-order valence-electron chi connectivity index (χ0n) is 21.0. The van der Waals surface area contributed by atoms with Gasteiger partial charge in [0.05, 0.1) is 12.2 Å². The van der Waals surface area contributed by atoms with E-state index in [0.717, 1.165) is 45.1 Å². The van der Waals surface area contributed by atoms with E-state index < -0.39 is 11.2 Å². The van der Waals surface area contributed by atoms with E-state index in [4.69, 9.17) is 14.2 Å². The highest BCUT2D eigenvalue weighted by molar-refractivity contribution is 5.83. The van der Waals surface area contributed by atoms with Gasteiger partial charge in [-0.1, -0.05) is 0 Å². The lowest BCUT2D eigenvalue weighted by Gasteiger charge is -2.38. The Balaban J connectivity index is 0.000000157. The molecular weight excluding hydrogens is 424 g/mol. The second kappa shape index (κ2) is 8.43. The predicted octanol–water partition coefficient (Wildman–Crippen LogP) is 4.43. The SMILES string of the molecule is CC(C)(C)OC(=O)N1C2CCC1CC(=O)C2.CC(C)(C)OC(=O)N1[C@@H]2CC[C@H]1CC1(CO1)C2. The van der Waals surface area contributed by atoms with Crippen LogP contribution >= 0.6 is 0 Å². The van der Waals surface area contributed by atoms with Crippen LogP contribution in [0.2, 0.25) is 0 Å². The molecule has 5 heterocycles. The van der Waals surface area contributed by atoms with Gasteiger partial charge in [0.2, 0.25) is 0 Å². The molecule has 5 fully saturated rings. The molecule has 3 unspecified atom stereocenters. The summed E-state index contributed by atoms with van der Waals surface area (Å²) in [4.78, 5) is 39.3. The highest BCUT2D eigenvalue weighted by Crippen LogP contribution is 2.49. The lowest BCUT2D eigenvalue weighted by molar-refractivity contribution is -0.123. The van der Waals surface area contributed by atoms with Crippen LogP contribution in [0, 0.1) is 0 Å². The summed E-state index contributed by atoms with van der Waals surface area (Å²) in [5.74, 6) is 0.285. The molecule has 0 aliphatic carbocycles. The van der Waals surface area contributed by atoms with E-state index in [9.17, 15) is 14.4 Å². The minimum Gasteiger partial charge on any atom is -0.444 e. The average Bonchev–Trinajstić information content (AvgIpc) is 3.23. The van der Waals surface area contributed by atoms with Crippen molar-refractivity contribution in [3.63, 3.8) is 0 Å². The van der Waals surface area contributed by atoms with Crippen LogP contribution in [0.1, 0.15) is 92.9 Å². The maximum Gasteiger partial charge on any atom is 0.410 e. The van der Waals surface area contributed by atoms with Gasteiger partial charge in [-0.25, -0.2) is 9.59 Å². The van der Waals surface area contributed by atoms with Gasteiger partial charge < -0.3 is 24.0 Å². The van der Waals surface area contributed by atoms with Crippen LogP contribution in [0.4, 0.5) is 9.59 Å². The molecule has 0 N–H and O–H groups in total. The maximum absolute atomic E-state index is 12.2. The minimum absolute atomic E-state index is 0.0844. The second-order valence-electron chi connectivity index (χ2n) is 12.4. The molecule has 5 aliphatic rings. The number of ether oxygens (including phenoxy) is 3. The first-order valence-electron chi connectivity index (χ1n) is 12.4. The third kappa shape index (κ3) is 5.64. The highest BCUT2D eigenvalue weighted by Gasteiger charge is 2.57. The van der Waals surface area contributed by atoms with Crippen molar-refractivity contribution < 1.29 is 28.6 Å². The molecule has 8 nitrogen and oxygen atoms in total. The van der Waals surface area contributed by atoms with Crippen LogP contribution in [0.25, 0.3) is 0 Å². The minimum atomic E-state index is -0.460. The van der Waals surface area contributed by atoms with E-state index in [-0.39, 0.29) is 35.7 Å². The van der Waals surface area contributed by atoms with Crippen LogP contribution in [-0.2, 0) is 19.0 Å². The number of ketones is 1. The van der Waals surface area contributed by atoms with Gasteiger partial charge in [0.15, 0.2) is 0 Å². The van der Waals surface area contributed by atoms with Crippen LogP contribution in [0.3, 0.4) is 0 Å². The molecule has 0 aromatic rings. The summed E-state index contributed by atoms with van der Waals surface area (Å²) < 4.78 is 16.4. The Labute approximate surface area is 197 Å². The monoisotopic (exact) mass is 464 g/mol. The highest BCUT2D eigenvalue weighted by atomic mass is 16.6. The van der Waals surface area contributed by atoms with Crippen molar-refractivity contribution in [1.82, 2.24) is 9.80 Å². The first kappa shape index (κ1) is 24.3. The van der Waals surface area contributed by atoms with E-state index >= 15 is 0 Å². The van der Waals surface area contributed by atoms with Gasteiger partial charge >= 0.3 is 12.2 Å². The van der Waals surface area contributed by atoms with Crippen molar-refractivity contribution in [2.45, 2.75) is 134 Å². The fraction of sp³-hybridized carbons (Fsp3) is 0.880. The van der Waals surface area contributed by atoms with E-state index in [1.54, 1.807) is 4.90 Å². The Bertz CT molecular complexity index is 762. The van der Waals surface area contributed by atoms with Crippen molar-refractivity contribution in [2.24, 2.45) is 0 Å². The molecule has 0 saturated carbocycles. The number of hydrogen-bond donors (Lipinski definition) is 0. The van der Waals surface area contributed by atoms with Crippen LogP contribution in [0.5, 0.6) is 0 Å². The van der Waals surface area contributed by atoms with Crippen molar-refractivity contribution in [3.05, 3.63) is 0 Å². The molecule has 5 saturated heterocycles. The van der Waals surface area contributed by atoms with Gasteiger partial charge in [0, 0.05) is 37.0 Å². The standard InChI is InChI=1S/C13H21NO3.C12H19NO3/c1-12(2,3)17-11(15)14-9-4-5-10(14)7-13(6-9)8-16-13;1-12(2,3)16-11(15)13-8-4-5-9(13)7-10(14)6-8/h9-10H,4-8H2,1-3H3;8-9H,4-7H2,1-3H3/t9-,10+,13?;. The molecule has 0 aromatic heterocycles. The third-order valence-corrected chi connectivity index (χ3v) is 7.14. The molecule has 2 amide bonds. The smallest absolute Gasteiger partial charge is 0.410 e. The topological polar surface area (TPSA) is 88.7 Å². The molecule has 186 valence electrons. The summed E-state index contributed by atoms with van der Waals surface area (Å²) in [7, 11) is 0. The van der Waals surface area contributed by atoms with Gasteiger partial charge in [-0.3, -0.25) is 4.79 Å². The Morgan fingerprint density at radius 1 is 0.788 bits per heavy atom. The zero-order valence-corrected chi connectivity index (χ0v) is 21.0. The fourth-order valence-corrected chi connectivity index (χ4v) is 5.84. The predicted molar refractivity (Wildman–Crippen MR) is 122 cm³/mol. The molecule has 1 spiro atoms. The first-order chi connectivity index (χ1) is 15.3. The van der Waals surface area contributed by atoms with Crippen LogP contribution < -0.4 is 0 Å². The van der Waals surface area contributed by atoms with Crippen LogP contribution in [0.15, 0.2) is 0 Å². The van der Waals surface area contributed by atoms with Crippen molar-refractivity contribution in [3.8, 4) is 0 Å². The normalized spacial score (nSPS) is 34.7. The number of Topliss-reactive ketones (excluding diaryl/α,β-unsaturated/α-hetero) is 1. The lowest BCUT2D eigenvalue weighted by Crippen LogP contribution is -2.50. The van der Waals surface area contributed by atoms with Gasteiger partial charge in [-0.15, -0.1) is 0 Å². The van der Waals surface area contributed by atoms with E-state index in [1.165, 1.54) is 0 Å². The summed E-state index contributed by atoms with van der Waals surface area (Å²) in [6, 6.07) is 0.847. The number of amides is 2. The van der Waals surface area contributed by atoms with Crippen molar-refractivity contribution in [1.29, 1.82) is 0 Å². The second-order valence-corrected chi connectivity index (χ2v) is 12.4. The van der Waals surface area contributed by atoms with Gasteiger partial charge in [0.25, 0.3) is 0 Å². The number of hydrogen-bond acceptors (Lipinski definition) is 6. The molecule has 8 heteroatoms. The number of epoxide rings is 1. The lowest BCUT2D eigenvalue weighted by atomic mass is 9.91. The molecule has 5 atom stereocenters. The number of carbonyl (C=O) groups is 3. The fourth-order valence-electron chi connectivity index (χ4n) is 5.84. The quantitative estimate of drug-likeness (QED) is 0.493. The molecule has 0 radical (unpaired) electrons. The molecule has 33 heavy (non-hydrogen) atoms. The average molecular weight is 465 g/mol. The first-order valence-corrected chi connectivity index (χ1v) is 12.4. The summed E-state index contributed by atoms with van der Waals surface area (Å²) in [6.45, 7) is 12.2. The molecular formula is C25H40N2O6. The number of nitrogens with zero attached hydrogens (tertiary/aromatic N) is 2. The number of carbonyl (C=O) groups excluding carboxylic acids is 3. The maximum atomic E-state index is 12.2. The van der Waals surface area contributed by atoms with Crippen molar-refractivity contribution >= 4 is 18.0 Å². The molecule has 5 aliphatic heterocycles. The Morgan fingerprint density at radius 3 is 1.52 bits per heavy atom. The largest absolute Gasteiger partial charge is 0.444 e. The number of rotatable bonds is 0. The Hall–Kier alpha value is -1.83. The van der Waals surface area contributed by atoms with Crippen LogP contribution in [-0.4, -0.2) is 75.3 Å². The van der Waals surface area contributed by atoms with Gasteiger partial charge in [-0.05, 0) is 80.1 Å². The van der Waals surface area contributed by atoms with Crippen molar-refractivity contribution in [2.75, 3.05) is 6.61 Å². The summed E-state index contributed by atoms with van der Waals surface area (Å²) in [5.41, 5.74) is -0.732. The Morgan fingerprint density at radius 2 is 1.15 bits per heavy atom. The van der Waals surface area contributed by atoms with Gasteiger partial charge in [0.1, 0.15) is 17.0 Å². The molecule has 5 rings (SSSR count). The molecule has 0 aromatic carbocycles. The number of fused-ring (bicyclic) bond motifs is 4. The van der Waals surface area contributed by atoms with E-state index in [1.807, 2.05) is 46.4 Å². The Kier molecular flexibility index (Phi) is 6.21. The van der Waals surface area contributed by atoms with E-state index in [2.05, 4.69) is 0 Å². The van der Waals surface area contributed by atoms with Gasteiger partial charge in [-0.2, -0.15) is 0 Å². The van der Waals surface area contributed by atoms with E-state index in [0.29, 0.717) is 24.9 Å². The summed E-state index contributed by atoms with van der Waals surface area (Å²) in [6.07, 6.45) is 6.72. The zero-order chi connectivity index (χ0) is 24.2. The molecule has 4 bridgehead atoms. The number of piperidine rings is 2. The third-order valence-electron chi connectivity index (χ3n) is 7.14. The summed E-state index contributed by atoms with van der Waals surface area (Å²) >= 11 is 0. The summed E-state index contributed by atoms with van der Waals surface area (Å²) in [5, 5.41) is 0.